The van der Waals surface area contributed by atoms with Crippen molar-refractivity contribution < 1.29 is 4.42 Å². The number of H-pyrrole nitrogens is 1. The van der Waals surface area contributed by atoms with Crippen LogP contribution in [0.25, 0.3) is 11.0 Å². The lowest BCUT2D eigenvalue weighted by Crippen LogP contribution is -2.04. The molecule has 0 saturated heterocycles. The summed E-state index contributed by atoms with van der Waals surface area (Å²) in [6.07, 6.45) is 1.57. The van der Waals surface area contributed by atoms with Gasteiger partial charge in [0.05, 0.1) is 6.26 Å². The number of pyridine rings is 1. The van der Waals surface area contributed by atoms with Crippen LogP contribution in [0.1, 0.15) is 5.69 Å². The van der Waals surface area contributed by atoms with E-state index < -0.39 is 0 Å². The van der Waals surface area contributed by atoms with Crippen molar-refractivity contribution in [1.82, 2.24) is 4.98 Å². The number of nitrogens with one attached hydrogen (secondary N) is 1. The third-order valence-electron chi connectivity index (χ3n) is 1.67. The topological polar surface area (TPSA) is 46.0 Å². The third-order valence-corrected chi connectivity index (χ3v) is 1.67. The first-order valence-electron chi connectivity index (χ1n) is 3.34. The van der Waals surface area contributed by atoms with Crippen molar-refractivity contribution in [2.24, 2.45) is 0 Å². The number of aromatic nitrogens is 1. The highest BCUT2D eigenvalue weighted by molar-refractivity contribution is 5.78. The molecule has 0 aliphatic rings. The molecule has 3 nitrogen and oxygen atoms in total. The summed E-state index contributed by atoms with van der Waals surface area (Å²) in [4.78, 5) is 13.6. The van der Waals surface area contributed by atoms with E-state index in [9.17, 15) is 4.79 Å². The second-order valence-corrected chi connectivity index (χ2v) is 2.46. The summed E-state index contributed by atoms with van der Waals surface area (Å²) in [5, 5.41) is 0.963. The van der Waals surface area contributed by atoms with Crippen LogP contribution < -0.4 is 5.56 Å². The number of furan rings is 1. The van der Waals surface area contributed by atoms with Gasteiger partial charge in [0.1, 0.15) is 5.58 Å². The van der Waals surface area contributed by atoms with Gasteiger partial charge in [0.25, 0.3) is 5.56 Å². The van der Waals surface area contributed by atoms with Gasteiger partial charge in [0.15, 0.2) is 0 Å². The van der Waals surface area contributed by atoms with E-state index >= 15 is 0 Å². The van der Waals surface area contributed by atoms with E-state index in [-0.39, 0.29) is 5.56 Å². The number of hydrogen-bond acceptors (Lipinski definition) is 2. The Hall–Kier alpha value is -1.51. The first kappa shape index (κ1) is 6.22. The van der Waals surface area contributed by atoms with Gasteiger partial charge in [-0.1, -0.05) is 0 Å². The Morgan fingerprint density at radius 3 is 3.18 bits per heavy atom. The molecule has 1 N–H and O–H groups in total. The number of hydrogen-bond donors (Lipinski definition) is 1. The minimum atomic E-state index is -0.120. The molecule has 0 fully saturated rings. The summed E-state index contributed by atoms with van der Waals surface area (Å²) in [5.41, 5.74) is 1.37. The zero-order chi connectivity index (χ0) is 7.84. The van der Waals surface area contributed by atoms with Crippen molar-refractivity contribution in [3.63, 3.8) is 0 Å². The number of aromatic amines is 1. The van der Waals surface area contributed by atoms with Crippen LogP contribution in [0.5, 0.6) is 0 Å². The average molecular weight is 149 g/mol. The molecule has 0 saturated carbocycles. The third kappa shape index (κ3) is 0.852. The maximum atomic E-state index is 10.9. The zero-order valence-corrected chi connectivity index (χ0v) is 6.05. The molecule has 0 bridgehead atoms. The summed E-state index contributed by atoms with van der Waals surface area (Å²) in [5.74, 6) is 0. The van der Waals surface area contributed by atoms with Gasteiger partial charge in [-0.2, -0.15) is 0 Å². The molecule has 2 aromatic rings. The van der Waals surface area contributed by atoms with Gasteiger partial charge < -0.3 is 9.40 Å². The Bertz CT molecular complexity index is 439. The molecule has 56 valence electrons. The standard InChI is InChI=1S/C8H7NO2/c1-5-6-2-3-11-7(6)4-8(10)9-5/h2-4H,1H3,(H,9,10). The number of aryl methyl sites for hydroxylation is 1. The fourth-order valence-electron chi connectivity index (χ4n) is 1.15. The summed E-state index contributed by atoms with van der Waals surface area (Å²) < 4.78 is 5.06. The van der Waals surface area contributed by atoms with Crippen LogP contribution in [0.3, 0.4) is 0 Å². The molecule has 2 heterocycles. The molecule has 0 amide bonds. The molecule has 2 aromatic heterocycles. The van der Waals surface area contributed by atoms with Gasteiger partial charge >= 0.3 is 0 Å². The van der Waals surface area contributed by atoms with Crippen LogP contribution in [-0.2, 0) is 0 Å². The van der Waals surface area contributed by atoms with Crippen molar-refractivity contribution in [3.05, 3.63) is 34.4 Å². The van der Waals surface area contributed by atoms with Crippen molar-refractivity contribution in [2.45, 2.75) is 6.92 Å². The summed E-state index contributed by atoms with van der Waals surface area (Å²) >= 11 is 0. The Balaban J connectivity index is 3.02. The van der Waals surface area contributed by atoms with Crippen LogP contribution in [-0.4, -0.2) is 4.98 Å². The lowest BCUT2D eigenvalue weighted by molar-refractivity contribution is 0.615. The number of fused-ring (bicyclic) bond motifs is 1. The smallest absolute Gasteiger partial charge is 0.251 e. The molecule has 0 aromatic carbocycles. The van der Waals surface area contributed by atoms with Crippen molar-refractivity contribution in [1.29, 1.82) is 0 Å². The summed E-state index contributed by atoms with van der Waals surface area (Å²) in [7, 11) is 0. The van der Waals surface area contributed by atoms with E-state index in [4.69, 9.17) is 4.42 Å². The van der Waals surface area contributed by atoms with E-state index in [0.29, 0.717) is 5.58 Å². The highest BCUT2D eigenvalue weighted by Gasteiger charge is 1.99. The molecule has 11 heavy (non-hydrogen) atoms. The predicted octanol–water partition coefficient (Wildman–Crippen LogP) is 1.43. The van der Waals surface area contributed by atoms with E-state index in [2.05, 4.69) is 4.98 Å². The van der Waals surface area contributed by atoms with Crippen LogP contribution in [0.4, 0.5) is 0 Å². The Morgan fingerprint density at radius 2 is 2.36 bits per heavy atom. The Labute approximate surface area is 62.7 Å². The Kier molecular flexibility index (Phi) is 1.12. The van der Waals surface area contributed by atoms with Crippen molar-refractivity contribution in [2.75, 3.05) is 0 Å². The SMILES string of the molecule is Cc1[nH]c(=O)cc2occc12. The van der Waals surface area contributed by atoms with E-state index in [1.807, 2.05) is 13.0 Å². The van der Waals surface area contributed by atoms with Gasteiger partial charge in [-0.05, 0) is 13.0 Å². The molecular weight excluding hydrogens is 142 g/mol. The van der Waals surface area contributed by atoms with Gasteiger partial charge in [-0.3, -0.25) is 4.79 Å². The zero-order valence-electron chi connectivity index (χ0n) is 6.05. The average Bonchev–Trinajstić information content (AvgIpc) is 2.34. The monoisotopic (exact) mass is 149 g/mol. The predicted molar refractivity (Wildman–Crippen MR) is 41.6 cm³/mol. The van der Waals surface area contributed by atoms with Crippen molar-refractivity contribution >= 4 is 11.0 Å². The van der Waals surface area contributed by atoms with Gasteiger partial charge in [0, 0.05) is 17.1 Å². The van der Waals surface area contributed by atoms with Crippen molar-refractivity contribution in [3.8, 4) is 0 Å². The highest BCUT2D eigenvalue weighted by atomic mass is 16.3. The maximum Gasteiger partial charge on any atom is 0.251 e. The molecule has 2 rings (SSSR count). The van der Waals surface area contributed by atoms with Crippen LogP contribution >= 0.6 is 0 Å². The molecule has 0 aliphatic heterocycles. The molecule has 0 unspecified atom stereocenters. The first-order chi connectivity index (χ1) is 5.27. The second kappa shape index (κ2) is 1.99. The largest absolute Gasteiger partial charge is 0.464 e. The Morgan fingerprint density at radius 1 is 1.55 bits per heavy atom. The normalized spacial score (nSPS) is 10.6. The number of rotatable bonds is 0. The van der Waals surface area contributed by atoms with Crippen LogP contribution in [0.2, 0.25) is 0 Å². The molecular formula is C8H7NO2. The van der Waals surface area contributed by atoms with E-state index in [1.165, 1.54) is 6.07 Å². The first-order valence-corrected chi connectivity index (χ1v) is 3.34. The second-order valence-electron chi connectivity index (χ2n) is 2.46. The minimum Gasteiger partial charge on any atom is -0.464 e. The molecule has 0 aliphatic carbocycles. The molecule has 0 atom stereocenters. The van der Waals surface area contributed by atoms with E-state index in [0.717, 1.165) is 11.1 Å². The summed E-state index contributed by atoms with van der Waals surface area (Å²) in [6.45, 7) is 1.85. The van der Waals surface area contributed by atoms with Gasteiger partial charge in [0.2, 0.25) is 0 Å². The summed E-state index contributed by atoms with van der Waals surface area (Å²) in [6, 6.07) is 3.28. The fraction of sp³-hybridized carbons (Fsp3) is 0.125. The van der Waals surface area contributed by atoms with Crippen LogP contribution in [0, 0.1) is 6.92 Å². The molecule has 0 spiro atoms. The van der Waals surface area contributed by atoms with Gasteiger partial charge in [-0.15, -0.1) is 0 Å². The highest BCUT2D eigenvalue weighted by Crippen LogP contribution is 2.14. The van der Waals surface area contributed by atoms with Crippen LogP contribution in [0.15, 0.2) is 27.6 Å². The molecule has 3 heteroatoms. The molecule has 0 radical (unpaired) electrons. The lowest BCUT2D eigenvalue weighted by atomic mass is 10.2. The van der Waals surface area contributed by atoms with E-state index in [1.54, 1.807) is 6.26 Å². The van der Waals surface area contributed by atoms with Gasteiger partial charge in [-0.25, -0.2) is 0 Å². The quantitative estimate of drug-likeness (QED) is 0.615. The minimum absolute atomic E-state index is 0.120. The fourth-order valence-corrected chi connectivity index (χ4v) is 1.15. The maximum absolute atomic E-state index is 10.9. The lowest BCUT2D eigenvalue weighted by Gasteiger charge is -1.91.